The predicted octanol–water partition coefficient (Wildman–Crippen LogP) is 9.78. The number of nitrogens with zero attached hydrogens (tertiary/aromatic N) is 1. The van der Waals surface area contributed by atoms with Crippen molar-refractivity contribution in [1.82, 2.24) is 4.57 Å². The van der Waals surface area contributed by atoms with Crippen LogP contribution in [0.3, 0.4) is 0 Å². The maximum Gasteiger partial charge on any atom is 0.0726 e. The van der Waals surface area contributed by atoms with Crippen LogP contribution in [0.25, 0.3) is 49.7 Å². The van der Waals surface area contributed by atoms with Gasteiger partial charge in [-0.2, -0.15) is 0 Å². The molecule has 1 unspecified atom stereocenters. The van der Waals surface area contributed by atoms with Gasteiger partial charge in [-0.15, -0.1) is 0 Å². The third-order valence-corrected chi connectivity index (χ3v) is 9.20. The van der Waals surface area contributed by atoms with E-state index in [-0.39, 0.29) is 0 Å². The molecular weight excluding hydrogens is 494 g/mol. The molecule has 7 aromatic rings. The molecule has 0 bridgehead atoms. The highest BCUT2D eigenvalue weighted by molar-refractivity contribution is 6.34. The Morgan fingerprint density at radius 3 is 1.59 bits per heavy atom. The molecule has 1 atom stereocenters. The summed E-state index contributed by atoms with van der Waals surface area (Å²) >= 11 is 6.95. The van der Waals surface area contributed by atoms with Crippen molar-refractivity contribution in [1.29, 1.82) is 0 Å². The summed E-state index contributed by atoms with van der Waals surface area (Å²) in [6, 6.07) is 48.5. The third-order valence-electron chi connectivity index (χ3n) is 8.89. The summed E-state index contributed by atoms with van der Waals surface area (Å²) in [5.74, 6) is 0. The molecule has 182 valence electrons. The number of hydrogen-bond acceptors (Lipinski definition) is 0. The van der Waals surface area contributed by atoms with Crippen molar-refractivity contribution in [3.8, 4) is 27.9 Å². The Morgan fingerprint density at radius 2 is 0.923 bits per heavy atom. The first-order chi connectivity index (χ1) is 19.3. The first kappa shape index (κ1) is 21.4. The average Bonchev–Trinajstić information content (AvgIpc) is 3.60. The van der Waals surface area contributed by atoms with Gasteiger partial charge in [0.25, 0.3) is 0 Å². The zero-order valence-corrected chi connectivity index (χ0v) is 21.8. The van der Waals surface area contributed by atoms with Gasteiger partial charge in [-0.05, 0) is 57.6 Å². The summed E-state index contributed by atoms with van der Waals surface area (Å²) in [5.41, 5.74) is 13.4. The molecule has 2 aliphatic carbocycles. The van der Waals surface area contributed by atoms with E-state index in [1.54, 1.807) is 0 Å². The van der Waals surface area contributed by atoms with Crippen LogP contribution in [0.2, 0.25) is 5.02 Å². The molecule has 0 N–H and O–H groups in total. The van der Waals surface area contributed by atoms with Gasteiger partial charge >= 0.3 is 0 Å². The van der Waals surface area contributed by atoms with E-state index in [1.165, 1.54) is 66.4 Å². The molecule has 9 rings (SSSR count). The van der Waals surface area contributed by atoms with Crippen LogP contribution in [0.1, 0.15) is 22.3 Å². The van der Waals surface area contributed by atoms with Gasteiger partial charge in [0.2, 0.25) is 0 Å². The molecule has 1 spiro atoms. The van der Waals surface area contributed by atoms with Crippen molar-refractivity contribution in [2.75, 3.05) is 0 Å². The second kappa shape index (κ2) is 7.50. The summed E-state index contributed by atoms with van der Waals surface area (Å²) < 4.78 is 2.46. The van der Waals surface area contributed by atoms with Crippen LogP contribution in [0, 0.1) is 0 Å². The lowest BCUT2D eigenvalue weighted by Gasteiger charge is -2.30. The Balaban J connectivity index is 1.48. The van der Waals surface area contributed by atoms with Crippen molar-refractivity contribution in [3.63, 3.8) is 0 Å². The second-order valence-electron chi connectivity index (χ2n) is 10.6. The van der Waals surface area contributed by atoms with Crippen LogP contribution in [0.4, 0.5) is 0 Å². The first-order valence-electron chi connectivity index (χ1n) is 13.4. The topological polar surface area (TPSA) is 4.93 Å². The molecule has 0 amide bonds. The normalized spacial score (nSPS) is 16.4. The van der Waals surface area contributed by atoms with Gasteiger partial charge in [-0.25, -0.2) is 0 Å². The van der Waals surface area contributed by atoms with Gasteiger partial charge in [0.05, 0.1) is 22.1 Å². The van der Waals surface area contributed by atoms with Crippen molar-refractivity contribution in [2.24, 2.45) is 0 Å². The monoisotopic (exact) mass is 515 g/mol. The number of halogens is 1. The van der Waals surface area contributed by atoms with Crippen LogP contribution < -0.4 is 0 Å². The lowest BCUT2D eigenvalue weighted by molar-refractivity contribution is 0.793. The minimum Gasteiger partial charge on any atom is -0.309 e. The third kappa shape index (κ3) is 2.47. The minimum atomic E-state index is -0.419. The standard InChI is InChI=1S/C37H22ClN/c38-31-19-9-17-29-35(31)25-13-1-5-15-27(25)37(29)28-16-6-2-14-26(28)36-30(37)18-10-22-34(36)39-32-20-7-3-11-23(32)24-12-4-8-21-33(24)39/h1-22H. The SMILES string of the molecule is Clc1cccc2c1-c1ccccc1C21c2ccccc2-c2c(-n3c4ccccc4c4ccccc43)cccc21. The smallest absolute Gasteiger partial charge is 0.0726 e. The number of rotatable bonds is 1. The first-order valence-corrected chi connectivity index (χ1v) is 13.8. The fourth-order valence-corrected chi connectivity index (χ4v) is 7.82. The van der Waals surface area contributed by atoms with Crippen LogP contribution in [0.15, 0.2) is 133 Å². The number of para-hydroxylation sites is 2. The van der Waals surface area contributed by atoms with Crippen molar-refractivity contribution < 1.29 is 0 Å². The van der Waals surface area contributed by atoms with Gasteiger partial charge in [0, 0.05) is 26.9 Å². The summed E-state index contributed by atoms with van der Waals surface area (Å²) in [6.07, 6.45) is 0. The molecule has 0 radical (unpaired) electrons. The largest absolute Gasteiger partial charge is 0.309 e. The minimum absolute atomic E-state index is 0.419. The second-order valence-corrected chi connectivity index (χ2v) is 11.0. The van der Waals surface area contributed by atoms with E-state index >= 15 is 0 Å². The average molecular weight is 516 g/mol. The molecule has 0 fully saturated rings. The van der Waals surface area contributed by atoms with Crippen molar-refractivity contribution in [3.05, 3.63) is 161 Å². The molecule has 0 aliphatic heterocycles. The molecule has 0 saturated carbocycles. The zero-order chi connectivity index (χ0) is 25.7. The van der Waals surface area contributed by atoms with Crippen LogP contribution in [0.5, 0.6) is 0 Å². The quantitative estimate of drug-likeness (QED) is 0.205. The van der Waals surface area contributed by atoms with E-state index in [0.717, 1.165) is 10.6 Å². The Kier molecular flexibility index (Phi) is 4.11. The predicted molar refractivity (Wildman–Crippen MR) is 162 cm³/mol. The van der Waals surface area contributed by atoms with E-state index in [1.807, 2.05) is 6.07 Å². The molecular formula is C37H22ClN. The number of benzene rings is 6. The van der Waals surface area contributed by atoms with E-state index in [4.69, 9.17) is 11.6 Å². The maximum atomic E-state index is 6.95. The molecule has 2 aliphatic rings. The van der Waals surface area contributed by atoms with Crippen LogP contribution in [-0.4, -0.2) is 4.57 Å². The van der Waals surface area contributed by atoms with Crippen LogP contribution >= 0.6 is 11.6 Å². The zero-order valence-electron chi connectivity index (χ0n) is 21.0. The summed E-state index contributed by atoms with van der Waals surface area (Å²) in [5, 5.41) is 3.35. The van der Waals surface area contributed by atoms with Gasteiger partial charge < -0.3 is 4.57 Å². The molecule has 1 nitrogen and oxygen atoms in total. The van der Waals surface area contributed by atoms with E-state index in [9.17, 15) is 0 Å². The lowest BCUT2D eigenvalue weighted by Crippen LogP contribution is -2.25. The van der Waals surface area contributed by atoms with E-state index in [2.05, 4.69) is 132 Å². The number of fused-ring (bicyclic) bond motifs is 13. The highest BCUT2D eigenvalue weighted by Crippen LogP contribution is 2.64. The Labute approximate surface area is 231 Å². The van der Waals surface area contributed by atoms with Gasteiger partial charge in [-0.3, -0.25) is 0 Å². The molecule has 1 aromatic heterocycles. The maximum absolute atomic E-state index is 6.95. The van der Waals surface area contributed by atoms with Gasteiger partial charge in [-0.1, -0.05) is 121 Å². The molecule has 2 heteroatoms. The summed E-state index contributed by atoms with van der Waals surface area (Å²) in [7, 11) is 0. The van der Waals surface area contributed by atoms with Crippen LogP contribution in [-0.2, 0) is 5.41 Å². The molecule has 1 heterocycles. The Bertz CT molecular complexity index is 2100. The number of aromatic nitrogens is 1. The van der Waals surface area contributed by atoms with Crippen molar-refractivity contribution in [2.45, 2.75) is 5.41 Å². The summed E-state index contributed by atoms with van der Waals surface area (Å²) in [4.78, 5) is 0. The highest BCUT2D eigenvalue weighted by Gasteiger charge is 2.52. The summed E-state index contributed by atoms with van der Waals surface area (Å²) in [6.45, 7) is 0. The molecule has 39 heavy (non-hydrogen) atoms. The Hall–Kier alpha value is -4.59. The van der Waals surface area contributed by atoms with Gasteiger partial charge in [0.1, 0.15) is 0 Å². The lowest BCUT2D eigenvalue weighted by atomic mass is 9.70. The highest BCUT2D eigenvalue weighted by atomic mass is 35.5. The van der Waals surface area contributed by atoms with E-state index < -0.39 is 5.41 Å². The Morgan fingerprint density at radius 1 is 0.436 bits per heavy atom. The van der Waals surface area contributed by atoms with Crippen molar-refractivity contribution >= 4 is 33.4 Å². The van der Waals surface area contributed by atoms with E-state index in [0.29, 0.717) is 0 Å². The molecule has 0 saturated heterocycles. The van der Waals surface area contributed by atoms with Gasteiger partial charge in [0.15, 0.2) is 0 Å². The molecule has 6 aromatic carbocycles. The fourth-order valence-electron chi connectivity index (χ4n) is 7.54. The fraction of sp³-hybridized carbons (Fsp3) is 0.0270. The number of hydrogen-bond donors (Lipinski definition) is 0.